The van der Waals surface area contributed by atoms with Gasteiger partial charge in [-0.3, -0.25) is 19.3 Å². The van der Waals surface area contributed by atoms with Gasteiger partial charge in [-0.15, -0.1) is 0 Å². The van der Waals surface area contributed by atoms with Gasteiger partial charge in [0.1, 0.15) is 12.6 Å². The van der Waals surface area contributed by atoms with Gasteiger partial charge >= 0.3 is 0 Å². The summed E-state index contributed by atoms with van der Waals surface area (Å²) in [5, 5.41) is 2.96. The molecule has 3 amide bonds. The highest BCUT2D eigenvalue weighted by atomic mass is 16.2. The third-order valence-electron chi connectivity index (χ3n) is 7.33. The van der Waals surface area contributed by atoms with Crippen molar-refractivity contribution in [2.45, 2.75) is 58.4 Å². The predicted molar refractivity (Wildman–Crippen MR) is 138 cm³/mol. The Morgan fingerprint density at radius 1 is 0.886 bits per heavy atom. The van der Waals surface area contributed by atoms with Gasteiger partial charge in [-0.05, 0) is 93.8 Å². The zero-order valence-electron chi connectivity index (χ0n) is 20.7. The Morgan fingerprint density at radius 3 is 2.34 bits per heavy atom. The van der Waals surface area contributed by atoms with Gasteiger partial charge in [0, 0.05) is 30.9 Å². The molecule has 2 aromatic carbocycles. The fraction of sp³-hybridized carbons (Fsp3) is 0.464. The quantitative estimate of drug-likeness (QED) is 0.718. The van der Waals surface area contributed by atoms with E-state index in [9.17, 15) is 14.4 Å². The van der Waals surface area contributed by atoms with Crippen molar-refractivity contribution in [1.29, 1.82) is 0 Å². The number of amides is 3. The van der Waals surface area contributed by atoms with E-state index in [1.807, 2.05) is 49.1 Å². The van der Waals surface area contributed by atoms with Crippen molar-refractivity contribution in [2.75, 3.05) is 41.3 Å². The van der Waals surface area contributed by atoms with Crippen molar-refractivity contribution < 1.29 is 14.4 Å². The number of aryl methyl sites for hydroxylation is 2. The van der Waals surface area contributed by atoms with Gasteiger partial charge in [0.05, 0.1) is 11.4 Å². The number of hydrogen-bond donors (Lipinski definition) is 1. The topological polar surface area (TPSA) is 73.0 Å². The van der Waals surface area contributed by atoms with E-state index >= 15 is 0 Å². The number of carbonyl (C=O) groups is 3. The molecule has 1 N–H and O–H groups in total. The first-order valence-electron chi connectivity index (χ1n) is 12.8. The average molecular weight is 475 g/mol. The first kappa shape index (κ1) is 23.4. The first-order valence-corrected chi connectivity index (χ1v) is 12.8. The summed E-state index contributed by atoms with van der Waals surface area (Å²) in [7, 11) is 0. The molecule has 7 heteroatoms. The minimum atomic E-state index is -0.256. The van der Waals surface area contributed by atoms with Crippen molar-refractivity contribution in [1.82, 2.24) is 4.90 Å². The summed E-state index contributed by atoms with van der Waals surface area (Å²) < 4.78 is 0. The molecule has 0 bridgehead atoms. The third kappa shape index (κ3) is 4.77. The minimum Gasteiger partial charge on any atom is -0.358 e. The molecule has 1 atom stereocenters. The average Bonchev–Trinajstić information content (AvgIpc) is 2.85. The SMILES string of the molecule is Cc1cc(C)cc(NC(=O)CN2C(=O)C3CCCCN3c3ccc(C(=O)N4CCCCC4)cc32)c1. The van der Waals surface area contributed by atoms with Gasteiger partial charge in [-0.2, -0.15) is 0 Å². The second kappa shape index (κ2) is 9.72. The van der Waals surface area contributed by atoms with Crippen LogP contribution in [0.15, 0.2) is 36.4 Å². The molecule has 184 valence electrons. The molecule has 0 aromatic heterocycles. The van der Waals surface area contributed by atoms with E-state index in [0.717, 1.165) is 80.7 Å². The van der Waals surface area contributed by atoms with Crippen LogP contribution in [0.2, 0.25) is 0 Å². The van der Waals surface area contributed by atoms with Crippen LogP contribution in [0.5, 0.6) is 0 Å². The van der Waals surface area contributed by atoms with Gasteiger partial charge in [0.25, 0.3) is 5.91 Å². The lowest BCUT2D eigenvalue weighted by Gasteiger charge is -2.45. The molecule has 5 rings (SSSR count). The molecule has 0 aliphatic carbocycles. The number of hydrogen-bond acceptors (Lipinski definition) is 4. The summed E-state index contributed by atoms with van der Waals surface area (Å²) in [4.78, 5) is 45.6. The van der Waals surface area contributed by atoms with Crippen LogP contribution < -0.4 is 15.1 Å². The van der Waals surface area contributed by atoms with E-state index in [1.165, 1.54) is 0 Å². The number of rotatable bonds is 4. The Morgan fingerprint density at radius 2 is 1.60 bits per heavy atom. The summed E-state index contributed by atoms with van der Waals surface area (Å²) in [6, 6.07) is 11.3. The molecule has 2 aromatic rings. The van der Waals surface area contributed by atoms with Gasteiger partial charge in [-0.1, -0.05) is 6.07 Å². The van der Waals surface area contributed by atoms with Crippen LogP contribution in [0.3, 0.4) is 0 Å². The molecular formula is C28H34N4O3. The lowest BCUT2D eigenvalue weighted by atomic mass is 9.95. The summed E-state index contributed by atoms with van der Waals surface area (Å²) in [6.07, 6.45) is 6.01. The molecule has 0 spiro atoms. The molecule has 3 heterocycles. The normalized spacial score (nSPS) is 19.8. The van der Waals surface area contributed by atoms with Crippen LogP contribution in [0.25, 0.3) is 0 Å². The molecule has 3 aliphatic heterocycles. The Kier molecular flexibility index (Phi) is 6.50. The first-order chi connectivity index (χ1) is 16.9. The monoisotopic (exact) mass is 474 g/mol. The van der Waals surface area contributed by atoms with Gasteiger partial charge in [0.2, 0.25) is 11.8 Å². The van der Waals surface area contributed by atoms with Crippen molar-refractivity contribution in [3.63, 3.8) is 0 Å². The lowest BCUT2D eigenvalue weighted by Crippen LogP contribution is -2.56. The van der Waals surface area contributed by atoms with Crippen LogP contribution in [0.1, 0.15) is 60.0 Å². The summed E-state index contributed by atoms with van der Waals surface area (Å²) in [5.41, 5.74) is 5.03. The van der Waals surface area contributed by atoms with Gasteiger partial charge < -0.3 is 15.1 Å². The zero-order chi connectivity index (χ0) is 24.5. The van der Waals surface area contributed by atoms with E-state index in [1.54, 1.807) is 4.90 Å². The smallest absolute Gasteiger partial charge is 0.253 e. The number of anilines is 3. The Balaban J connectivity index is 1.45. The van der Waals surface area contributed by atoms with E-state index in [4.69, 9.17) is 0 Å². The molecule has 0 radical (unpaired) electrons. The van der Waals surface area contributed by atoms with Crippen molar-refractivity contribution in [3.05, 3.63) is 53.1 Å². The van der Waals surface area contributed by atoms with E-state index in [0.29, 0.717) is 11.3 Å². The maximum Gasteiger partial charge on any atom is 0.253 e. The number of likely N-dealkylation sites (tertiary alicyclic amines) is 1. The van der Waals surface area contributed by atoms with Crippen molar-refractivity contribution in [3.8, 4) is 0 Å². The highest BCUT2D eigenvalue weighted by Gasteiger charge is 2.40. The Hall–Kier alpha value is -3.35. The van der Waals surface area contributed by atoms with Crippen LogP contribution in [-0.4, -0.2) is 54.8 Å². The maximum atomic E-state index is 13.6. The van der Waals surface area contributed by atoms with Crippen LogP contribution in [0.4, 0.5) is 17.1 Å². The van der Waals surface area contributed by atoms with Gasteiger partial charge in [0.15, 0.2) is 0 Å². The number of carbonyl (C=O) groups excluding carboxylic acids is 3. The largest absolute Gasteiger partial charge is 0.358 e. The molecule has 7 nitrogen and oxygen atoms in total. The number of nitrogens with one attached hydrogen (secondary N) is 1. The molecule has 3 aliphatic rings. The lowest BCUT2D eigenvalue weighted by molar-refractivity contribution is -0.123. The summed E-state index contributed by atoms with van der Waals surface area (Å²) in [5.74, 6) is -0.304. The predicted octanol–water partition coefficient (Wildman–Crippen LogP) is 4.27. The minimum absolute atomic E-state index is 0.000328. The molecule has 2 fully saturated rings. The van der Waals surface area contributed by atoms with Crippen molar-refractivity contribution in [2.24, 2.45) is 0 Å². The number of fused-ring (bicyclic) bond motifs is 3. The van der Waals surface area contributed by atoms with Gasteiger partial charge in [-0.25, -0.2) is 0 Å². The molecule has 35 heavy (non-hydrogen) atoms. The fourth-order valence-electron chi connectivity index (χ4n) is 5.72. The molecular weight excluding hydrogens is 440 g/mol. The van der Waals surface area contributed by atoms with E-state index in [-0.39, 0.29) is 30.3 Å². The van der Waals surface area contributed by atoms with E-state index in [2.05, 4.69) is 16.3 Å². The molecule has 1 unspecified atom stereocenters. The van der Waals surface area contributed by atoms with Crippen LogP contribution in [-0.2, 0) is 9.59 Å². The Bertz CT molecular complexity index is 1130. The second-order valence-electron chi connectivity index (χ2n) is 10.1. The van der Waals surface area contributed by atoms with Crippen molar-refractivity contribution >= 4 is 34.8 Å². The summed E-state index contributed by atoms with van der Waals surface area (Å²) in [6.45, 7) is 6.25. The third-order valence-corrected chi connectivity index (χ3v) is 7.33. The summed E-state index contributed by atoms with van der Waals surface area (Å²) >= 11 is 0. The maximum absolute atomic E-state index is 13.6. The molecule has 0 saturated carbocycles. The number of nitrogens with zero attached hydrogens (tertiary/aromatic N) is 3. The van der Waals surface area contributed by atoms with E-state index < -0.39 is 0 Å². The highest BCUT2D eigenvalue weighted by molar-refractivity contribution is 6.11. The number of benzene rings is 2. The zero-order valence-corrected chi connectivity index (χ0v) is 20.7. The molecule has 2 saturated heterocycles. The van der Waals surface area contributed by atoms with Crippen LogP contribution >= 0.6 is 0 Å². The highest BCUT2D eigenvalue weighted by Crippen LogP contribution is 2.40. The van der Waals surface area contributed by atoms with Crippen LogP contribution in [0, 0.1) is 13.8 Å². The Labute approximate surface area is 207 Å². The fourth-order valence-corrected chi connectivity index (χ4v) is 5.72. The standard InChI is InChI=1S/C28H34N4O3/c1-19-14-20(2)16-22(15-19)29-26(33)18-32-25-17-21(27(34)30-11-5-3-6-12-30)9-10-23(25)31-13-7-4-8-24(31)28(32)35/h9-10,14-17,24H,3-8,11-13,18H2,1-2H3,(H,29,33). The number of piperidine rings is 2. The second-order valence-corrected chi connectivity index (χ2v) is 10.1.